The second-order valence-electron chi connectivity index (χ2n) is 7.21. The summed E-state index contributed by atoms with van der Waals surface area (Å²) in [7, 11) is 0. The molecule has 2 aromatic rings. The highest BCUT2D eigenvalue weighted by atomic mass is 32.1. The van der Waals surface area contributed by atoms with Crippen molar-refractivity contribution >= 4 is 23.1 Å². The average Bonchev–Trinajstić information content (AvgIpc) is 3.10. The van der Waals surface area contributed by atoms with Gasteiger partial charge in [-0.05, 0) is 48.4 Å². The van der Waals surface area contributed by atoms with Crippen LogP contribution in [-0.4, -0.2) is 37.2 Å². The maximum atomic E-state index is 12.5. The number of pyridine rings is 1. The quantitative estimate of drug-likeness (QED) is 0.898. The SMILES string of the molecule is C[C@@H]1CCc2sc(C(=O)NCc3ccc(N4CCOCC4)nc3)cc2C1. The molecule has 1 fully saturated rings. The largest absolute Gasteiger partial charge is 0.378 e. The first-order valence-corrected chi connectivity index (χ1v) is 10.2. The molecule has 1 N–H and O–H groups in total. The number of ether oxygens (including phenoxy) is 1. The molecule has 6 heteroatoms. The zero-order valence-corrected chi connectivity index (χ0v) is 16.0. The number of anilines is 1. The molecule has 138 valence electrons. The molecule has 0 aromatic carbocycles. The van der Waals surface area contributed by atoms with E-state index in [-0.39, 0.29) is 5.91 Å². The molecule has 2 aliphatic rings. The van der Waals surface area contributed by atoms with Crippen molar-refractivity contribution in [3.63, 3.8) is 0 Å². The van der Waals surface area contributed by atoms with Gasteiger partial charge in [0.15, 0.2) is 0 Å². The lowest BCUT2D eigenvalue weighted by atomic mass is 9.90. The smallest absolute Gasteiger partial charge is 0.261 e. The van der Waals surface area contributed by atoms with Crippen LogP contribution in [0.25, 0.3) is 0 Å². The van der Waals surface area contributed by atoms with Crippen molar-refractivity contribution < 1.29 is 9.53 Å². The van der Waals surface area contributed by atoms with Crippen molar-refractivity contribution in [1.82, 2.24) is 10.3 Å². The molecule has 1 amide bonds. The topological polar surface area (TPSA) is 54.5 Å². The van der Waals surface area contributed by atoms with E-state index >= 15 is 0 Å². The van der Waals surface area contributed by atoms with Gasteiger partial charge in [-0.2, -0.15) is 0 Å². The van der Waals surface area contributed by atoms with Crippen LogP contribution in [0.3, 0.4) is 0 Å². The number of hydrogen-bond donors (Lipinski definition) is 1. The minimum atomic E-state index is 0.0225. The monoisotopic (exact) mass is 371 g/mol. The van der Waals surface area contributed by atoms with E-state index in [0.29, 0.717) is 6.54 Å². The summed E-state index contributed by atoms with van der Waals surface area (Å²) in [5.41, 5.74) is 2.39. The van der Waals surface area contributed by atoms with Gasteiger partial charge in [0.25, 0.3) is 5.91 Å². The number of morpholine rings is 1. The van der Waals surface area contributed by atoms with Gasteiger partial charge in [-0.15, -0.1) is 11.3 Å². The molecule has 0 bridgehead atoms. The van der Waals surface area contributed by atoms with Gasteiger partial charge in [-0.1, -0.05) is 13.0 Å². The van der Waals surface area contributed by atoms with Crippen LogP contribution in [0.4, 0.5) is 5.82 Å². The Balaban J connectivity index is 1.34. The van der Waals surface area contributed by atoms with Gasteiger partial charge < -0.3 is 15.0 Å². The molecular weight excluding hydrogens is 346 g/mol. The van der Waals surface area contributed by atoms with Crippen LogP contribution in [-0.2, 0) is 24.1 Å². The van der Waals surface area contributed by atoms with Gasteiger partial charge >= 0.3 is 0 Å². The molecule has 1 atom stereocenters. The molecule has 5 nitrogen and oxygen atoms in total. The zero-order chi connectivity index (χ0) is 17.9. The van der Waals surface area contributed by atoms with Crippen molar-refractivity contribution in [3.05, 3.63) is 45.3 Å². The molecule has 0 spiro atoms. The normalized spacial score (nSPS) is 19.9. The molecule has 0 unspecified atom stereocenters. The molecule has 26 heavy (non-hydrogen) atoms. The number of carbonyl (C=O) groups is 1. The van der Waals surface area contributed by atoms with Crippen LogP contribution in [0.5, 0.6) is 0 Å². The first-order chi connectivity index (χ1) is 12.7. The lowest BCUT2D eigenvalue weighted by molar-refractivity contribution is 0.0955. The van der Waals surface area contributed by atoms with Gasteiger partial charge in [0, 0.05) is 30.7 Å². The number of nitrogens with zero attached hydrogens (tertiary/aromatic N) is 2. The lowest BCUT2D eigenvalue weighted by Gasteiger charge is -2.27. The lowest BCUT2D eigenvalue weighted by Crippen LogP contribution is -2.36. The number of amides is 1. The Hall–Kier alpha value is -1.92. The van der Waals surface area contributed by atoms with E-state index in [0.717, 1.165) is 61.3 Å². The summed E-state index contributed by atoms with van der Waals surface area (Å²) in [6.07, 6.45) is 5.30. The van der Waals surface area contributed by atoms with Crippen LogP contribution in [0, 0.1) is 5.92 Å². The van der Waals surface area contributed by atoms with Gasteiger partial charge in [0.2, 0.25) is 0 Å². The number of hydrogen-bond acceptors (Lipinski definition) is 5. The van der Waals surface area contributed by atoms with Crippen LogP contribution < -0.4 is 10.2 Å². The first-order valence-electron chi connectivity index (χ1n) is 9.36. The Morgan fingerprint density at radius 3 is 3.00 bits per heavy atom. The van der Waals surface area contributed by atoms with E-state index in [4.69, 9.17) is 4.74 Å². The van der Waals surface area contributed by atoms with Crippen molar-refractivity contribution in [2.24, 2.45) is 5.92 Å². The van der Waals surface area contributed by atoms with Gasteiger partial charge in [-0.3, -0.25) is 4.79 Å². The molecule has 1 saturated heterocycles. The Labute approximate surface area is 158 Å². The number of carbonyl (C=O) groups excluding carboxylic acids is 1. The summed E-state index contributed by atoms with van der Waals surface area (Å²) in [5.74, 6) is 1.72. The predicted octanol–water partition coefficient (Wildman–Crippen LogP) is 3.03. The number of fused-ring (bicyclic) bond motifs is 1. The van der Waals surface area contributed by atoms with Crippen molar-refractivity contribution in [2.45, 2.75) is 32.7 Å². The Kier molecular flexibility index (Phi) is 5.22. The molecule has 0 saturated carbocycles. The first kappa shape index (κ1) is 17.5. The fraction of sp³-hybridized carbons (Fsp3) is 0.500. The van der Waals surface area contributed by atoms with Crippen molar-refractivity contribution in [3.8, 4) is 0 Å². The number of rotatable bonds is 4. The molecule has 3 heterocycles. The van der Waals surface area contributed by atoms with E-state index in [1.165, 1.54) is 16.9 Å². The second-order valence-corrected chi connectivity index (χ2v) is 8.35. The number of nitrogens with one attached hydrogen (secondary N) is 1. The molecular formula is C20H25N3O2S. The molecule has 0 radical (unpaired) electrons. The molecule has 2 aromatic heterocycles. The summed E-state index contributed by atoms with van der Waals surface area (Å²) >= 11 is 1.66. The van der Waals surface area contributed by atoms with E-state index in [9.17, 15) is 4.79 Å². The van der Waals surface area contributed by atoms with Crippen molar-refractivity contribution in [2.75, 3.05) is 31.2 Å². The van der Waals surface area contributed by atoms with E-state index in [1.54, 1.807) is 11.3 Å². The van der Waals surface area contributed by atoms with Crippen LogP contribution in [0.1, 0.15) is 39.0 Å². The minimum Gasteiger partial charge on any atom is -0.378 e. The second kappa shape index (κ2) is 7.76. The number of aryl methyl sites for hydroxylation is 1. The molecule has 1 aliphatic carbocycles. The maximum absolute atomic E-state index is 12.5. The number of thiophene rings is 1. The van der Waals surface area contributed by atoms with Crippen LogP contribution in [0.15, 0.2) is 24.4 Å². The molecule has 1 aliphatic heterocycles. The maximum Gasteiger partial charge on any atom is 0.261 e. The van der Waals surface area contributed by atoms with E-state index in [2.05, 4.69) is 28.2 Å². The van der Waals surface area contributed by atoms with E-state index in [1.807, 2.05) is 18.3 Å². The predicted molar refractivity (Wildman–Crippen MR) is 104 cm³/mol. The third-order valence-corrected chi connectivity index (χ3v) is 6.39. The summed E-state index contributed by atoms with van der Waals surface area (Å²) in [6, 6.07) is 6.15. The highest BCUT2D eigenvalue weighted by molar-refractivity contribution is 7.14. The van der Waals surface area contributed by atoms with Crippen LogP contribution >= 0.6 is 11.3 Å². The fourth-order valence-corrected chi connectivity index (χ4v) is 4.71. The summed E-state index contributed by atoms with van der Waals surface area (Å²) in [5, 5.41) is 3.03. The standard InChI is InChI=1S/C20H25N3O2S/c1-14-2-4-17-16(10-14)11-18(26-17)20(24)22-13-15-3-5-19(21-12-15)23-6-8-25-9-7-23/h3,5,11-12,14H,2,4,6-10,13H2,1H3,(H,22,24)/t14-/m1/s1. The highest BCUT2D eigenvalue weighted by Crippen LogP contribution is 2.32. The summed E-state index contributed by atoms with van der Waals surface area (Å²) in [6.45, 7) is 6.06. The summed E-state index contributed by atoms with van der Waals surface area (Å²) in [4.78, 5) is 21.5. The highest BCUT2D eigenvalue weighted by Gasteiger charge is 2.20. The third kappa shape index (κ3) is 3.91. The average molecular weight is 372 g/mol. The fourth-order valence-electron chi connectivity index (χ4n) is 3.59. The third-order valence-electron chi connectivity index (χ3n) is 5.15. The van der Waals surface area contributed by atoms with Crippen LogP contribution in [0.2, 0.25) is 0 Å². The van der Waals surface area contributed by atoms with Gasteiger partial charge in [0.05, 0.1) is 18.1 Å². The number of aromatic nitrogens is 1. The van der Waals surface area contributed by atoms with E-state index < -0.39 is 0 Å². The van der Waals surface area contributed by atoms with Gasteiger partial charge in [0.1, 0.15) is 5.82 Å². The summed E-state index contributed by atoms with van der Waals surface area (Å²) < 4.78 is 5.37. The zero-order valence-electron chi connectivity index (χ0n) is 15.2. The molecule has 4 rings (SSSR count). The Morgan fingerprint density at radius 2 is 2.23 bits per heavy atom. The Morgan fingerprint density at radius 1 is 1.38 bits per heavy atom. The minimum absolute atomic E-state index is 0.0225. The Bertz CT molecular complexity index is 766. The van der Waals surface area contributed by atoms with Gasteiger partial charge in [-0.25, -0.2) is 4.98 Å². The van der Waals surface area contributed by atoms with Crippen molar-refractivity contribution in [1.29, 1.82) is 0 Å².